The van der Waals surface area contributed by atoms with Gasteiger partial charge in [-0.05, 0) is 63.0 Å². The largest absolute Gasteiger partial charge is 0.354 e. The molecule has 2 aliphatic rings. The summed E-state index contributed by atoms with van der Waals surface area (Å²) in [5.74, 6) is 0.149. The fourth-order valence-corrected chi connectivity index (χ4v) is 3.86. The van der Waals surface area contributed by atoms with Gasteiger partial charge in [-0.2, -0.15) is 0 Å². The zero-order valence-electron chi connectivity index (χ0n) is 14.4. The van der Waals surface area contributed by atoms with Gasteiger partial charge in [0.2, 0.25) is 5.91 Å². The number of nitrogens with zero attached hydrogens (tertiary/aromatic N) is 1. The summed E-state index contributed by atoms with van der Waals surface area (Å²) >= 11 is 6.16. The molecule has 2 heterocycles. The maximum Gasteiger partial charge on any atom is 0.221 e. The van der Waals surface area contributed by atoms with E-state index < -0.39 is 0 Å². The lowest BCUT2D eigenvalue weighted by Gasteiger charge is -2.28. The third-order valence-electron chi connectivity index (χ3n) is 4.90. The quantitative estimate of drug-likeness (QED) is 0.756. The average molecular weight is 409 g/mol. The van der Waals surface area contributed by atoms with Gasteiger partial charge in [-0.15, -0.1) is 24.8 Å². The summed E-state index contributed by atoms with van der Waals surface area (Å²) in [7, 11) is 0. The Bertz CT molecular complexity index is 532. The highest BCUT2D eigenvalue weighted by molar-refractivity contribution is 6.30. The molecule has 0 aromatic heterocycles. The lowest BCUT2D eigenvalue weighted by Crippen LogP contribution is -2.38. The number of hydrogen-bond acceptors (Lipinski definition) is 3. The Hall–Kier alpha value is -0.520. The van der Waals surface area contributed by atoms with Crippen LogP contribution < -0.4 is 10.6 Å². The SMILES string of the molecule is Cl.Cl.O=C(CC1CCCN1)NCC(c1cccc(Cl)c1)N1CCCC1. The van der Waals surface area contributed by atoms with Crippen molar-refractivity contribution in [3.63, 3.8) is 0 Å². The summed E-state index contributed by atoms with van der Waals surface area (Å²) in [5.41, 5.74) is 1.19. The highest BCUT2D eigenvalue weighted by atomic mass is 35.5. The van der Waals surface area contributed by atoms with E-state index in [4.69, 9.17) is 11.6 Å². The molecule has 0 aliphatic carbocycles. The van der Waals surface area contributed by atoms with Gasteiger partial charge in [-0.3, -0.25) is 9.69 Å². The van der Waals surface area contributed by atoms with Crippen molar-refractivity contribution in [2.45, 2.75) is 44.2 Å². The number of carbonyl (C=O) groups excluding carboxylic acids is 1. The molecule has 2 aliphatic heterocycles. The van der Waals surface area contributed by atoms with Crippen LogP contribution in [0.1, 0.15) is 43.7 Å². The predicted molar refractivity (Wildman–Crippen MR) is 108 cm³/mol. The van der Waals surface area contributed by atoms with Crippen LogP contribution in [-0.2, 0) is 4.79 Å². The van der Waals surface area contributed by atoms with E-state index in [1.807, 2.05) is 18.2 Å². The maximum absolute atomic E-state index is 12.2. The molecule has 25 heavy (non-hydrogen) atoms. The predicted octanol–water partition coefficient (Wildman–Crippen LogP) is 3.58. The Morgan fingerprint density at radius 3 is 2.68 bits per heavy atom. The first-order chi connectivity index (χ1) is 11.2. The second-order valence-electron chi connectivity index (χ2n) is 6.62. The molecule has 0 spiro atoms. The van der Waals surface area contributed by atoms with E-state index in [0.717, 1.165) is 31.1 Å². The number of amides is 1. The number of benzene rings is 1. The normalized spacial score (nSPS) is 21.2. The van der Waals surface area contributed by atoms with E-state index in [2.05, 4.69) is 21.6 Å². The van der Waals surface area contributed by atoms with Crippen LogP contribution in [0, 0.1) is 0 Å². The average Bonchev–Trinajstić information content (AvgIpc) is 3.21. The van der Waals surface area contributed by atoms with Crippen LogP contribution in [0.15, 0.2) is 24.3 Å². The number of hydrogen-bond donors (Lipinski definition) is 2. The first kappa shape index (κ1) is 22.5. The van der Waals surface area contributed by atoms with Crippen molar-refractivity contribution in [2.75, 3.05) is 26.2 Å². The molecule has 2 fully saturated rings. The van der Waals surface area contributed by atoms with Crippen molar-refractivity contribution in [1.29, 1.82) is 0 Å². The minimum absolute atomic E-state index is 0. The van der Waals surface area contributed by atoms with Crippen LogP contribution in [-0.4, -0.2) is 43.0 Å². The molecule has 0 saturated carbocycles. The van der Waals surface area contributed by atoms with Crippen molar-refractivity contribution in [1.82, 2.24) is 15.5 Å². The molecule has 0 radical (unpaired) electrons. The van der Waals surface area contributed by atoms with Crippen LogP contribution in [0.5, 0.6) is 0 Å². The highest BCUT2D eigenvalue weighted by Gasteiger charge is 2.25. The molecule has 4 nitrogen and oxygen atoms in total. The van der Waals surface area contributed by atoms with Gasteiger partial charge in [0, 0.05) is 24.0 Å². The molecular weight excluding hydrogens is 381 g/mol. The van der Waals surface area contributed by atoms with Gasteiger partial charge in [0.15, 0.2) is 0 Å². The Labute approximate surface area is 167 Å². The zero-order chi connectivity index (χ0) is 16.1. The van der Waals surface area contributed by atoms with Gasteiger partial charge >= 0.3 is 0 Å². The van der Waals surface area contributed by atoms with Gasteiger partial charge in [-0.25, -0.2) is 0 Å². The summed E-state index contributed by atoms with van der Waals surface area (Å²) in [5, 5.41) is 7.28. The lowest BCUT2D eigenvalue weighted by molar-refractivity contribution is -0.121. The molecule has 1 aromatic carbocycles. The summed E-state index contributed by atoms with van der Waals surface area (Å²) < 4.78 is 0. The molecule has 3 rings (SSSR count). The smallest absolute Gasteiger partial charge is 0.221 e. The highest BCUT2D eigenvalue weighted by Crippen LogP contribution is 2.26. The number of halogens is 3. The monoisotopic (exact) mass is 407 g/mol. The lowest BCUT2D eigenvalue weighted by atomic mass is 10.1. The van der Waals surface area contributed by atoms with Crippen molar-refractivity contribution in [2.24, 2.45) is 0 Å². The van der Waals surface area contributed by atoms with Crippen LogP contribution in [0.25, 0.3) is 0 Å². The molecule has 142 valence electrons. The fraction of sp³-hybridized carbons (Fsp3) is 0.611. The van der Waals surface area contributed by atoms with Crippen LogP contribution in [0.4, 0.5) is 0 Å². The van der Waals surface area contributed by atoms with E-state index in [-0.39, 0.29) is 36.8 Å². The summed E-state index contributed by atoms with van der Waals surface area (Å²) in [6.45, 7) is 3.89. The minimum atomic E-state index is 0. The van der Waals surface area contributed by atoms with E-state index in [1.54, 1.807) is 0 Å². The van der Waals surface area contributed by atoms with Crippen LogP contribution in [0.2, 0.25) is 5.02 Å². The van der Waals surface area contributed by atoms with Crippen LogP contribution >= 0.6 is 36.4 Å². The van der Waals surface area contributed by atoms with E-state index in [1.165, 1.54) is 24.8 Å². The van der Waals surface area contributed by atoms with Crippen molar-refractivity contribution in [3.8, 4) is 0 Å². The third kappa shape index (κ3) is 6.61. The molecule has 2 N–H and O–H groups in total. The molecular formula is C18H28Cl3N3O. The van der Waals surface area contributed by atoms with Gasteiger partial charge in [0.05, 0.1) is 6.04 Å². The Morgan fingerprint density at radius 1 is 1.28 bits per heavy atom. The van der Waals surface area contributed by atoms with Gasteiger partial charge in [-0.1, -0.05) is 23.7 Å². The Kier molecular flexibility index (Phi) is 10.1. The van der Waals surface area contributed by atoms with E-state index >= 15 is 0 Å². The number of nitrogens with one attached hydrogen (secondary N) is 2. The zero-order valence-corrected chi connectivity index (χ0v) is 16.8. The van der Waals surface area contributed by atoms with E-state index in [0.29, 0.717) is 19.0 Å². The third-order valence-corrected chi connectivity index (χ3v) is 5.14. The number of likely N-dealkylation sites (tertiary alicyclic amines) is 1. The number of carbonyl (C=O) groups is 1. The maximum atomic E-state index is 12.2. The second kappa shape index (κ2) is 11.2. The first-order valence-electron chi connectivity index (χ1n) is 8.72. The Morgan fingerprint density at radius 2 is 2.04 bits per heavy atom. The van der Waals surface area contributed by atoms with Gasteiger partial charge < -0.3 is 10.6 Å². The van der Waals surface area contributed by atoms with Crippen molar-refractivity contribution < 1.29 is 4.79 Å². The molecule has 7 heteroatoms. The summed E-state index contributed by atoms with van der Waals surface area (Å²) in [6, 6.07) is 8.60. The first-order valence-corrected chi connectivity index (χ1v) is 9.10. The summed E-state index contributed by atoms with van der Waals surface area (Å²) in [4.78, 5) is 14.7. The topological polar surface area (TPSA) is 44.4 Å². The van der Waals surface area contributed by atoms with Crippen LogP contribution in [0.3, 0.4) is 0 Å². The second-order valence-corrected chi connectivity index (χ2v) is 7.05. The molecule has 2 saturated heterocycles. The molecule has 2 atom stereocenters. The standard InChI is InChI=1S/C18H26ClN3O.2ClH/c19-15-6-3-5-14(11-15)17(22-9-1-2-10-22)13-21-18(23)12-16-7-4-8-20-16;;/h3,5-6,11,16-17,20H,1-2,4,7-10,12-13H2,(H,21,23);2*1H. The van der Waals surface area contributed by atoms with Crippen molar-refractivity contribution in [3.05, 3.63) is 34.9 Å². The Balaban J connectivity index is 0.00000156. The summed E-state index contributed by atoms with van der Waals surface area (Å²) in [6.07, 6.45) is 5.34. The molecule has 1 aromatic rings. The van der Waals surface area contributed by atoms with Gasteiger partial charge in [0.25, 0.3) is 0 Å². The minimum Gasteiger partial charge on any atom is -0.354 e. The van der Waals surface area contributed by atoms with Gasteiger partial charge in [0.1, 0.15) is 0 Å². The molecule has 0 bridgehead atoms. The van der Waals surface area contributed by atoms with E-state index in [9.17, 15) is 4.79 Å². The van der Waals surface area contributed by atoms with Crippen molar-refractivity contribution >= 4 is 42.3 Å². The molecule has 2 unspecified atom stereocenters. The number of rotatable bonds is 6. The molecule has 1 amide bonds. The fourth-order valence-electron chi connectivity index (χ4n) is 3.66.